The fourth-order valence-electron chi connectivity index (χ4n) is 3.05. The molecule has 32 heavy (non-hydrogen) atoms. The van der Waals surface area contributed by atoms with Crippen LogP contribution in [0, 0.1) is 0 Å². The van der Waals surface area contributed by atoms with E-state index in [4.69, 9.17) is 9.26 Å². The van der Waals surface area contributed by atoms with Crippen molar-refractivity contribution in [2.75, 3.05) is 5.32 Å². The molecule has 0 atom stereocenters. The Balaban J connectivity index is 1.23. The van der Waals surface area contributed by atoms with E-state index in [1.165, 1.54) is 17.4 Å². The Labute approximate surface area is 186 Å². The highest BCUT2D eigenvalue weighted by atomic mass is 32.2. The third-order valence-corrected chi connectivity index (χ3v) is 6.60. The molecule has 3 heterocycles. The zero-order valence-electron chi connectivity index (χ0n) is 16.3. The Kier molecular flexibility index (Phi) is 5.04. The van der Waals surface area contributed by atoms with E-state index < -0.39 is 16.0 Å². The van der Waals surface area contributed by atoms with Gasteiger partial charge in [0.2, 0.25) is 5.82 Å². The third kappa shape index (κ3) is 3.90. The van der Waals surface area contributed by atoms with Crippen LogP contribution in [0.4, 0.5) is 5.69 Å². The van der Waals surface area contributed by atoms with Gasteiger partial charge in [-0.2, -0.15) is 24.7 Å². The number of benzene rings is 2. The van der Waals surface area contributed by atoms with E-state index in [9.17, 15) is 13.2 Å². The average Bonchev–Trinajstić information content (AvgIpc) is 3.53. The SMILES string of the molecule is O=C(OCc1noc(-c2ccsc2)n1)c1ccc(NC2=NS(=O)(=O)c3ccccc32)cc1. The monoisotopic (exact) mass is 466 g/mol. The summed E-state index contributed by atoms with van der Waals surface area (Å²) in [4.78, 5) is 16.7. The molecule has 1 aliphatic rings. The summed E-state index contributed by atoms with van der Waals surface area (Å²) in [6.07, 6.45) is 0. The van der Waals surface area contributed by atoms with Crippen molar-refractivity contribution in [2.45, 2.75) is 11.5 Å². The van der Waals surface area contributed by atoms with Crippen LogP contribution in [0.3, 0.4) is 0 Å². The number of nitrogens with one attached hydrogen (secondary N) is 1. The van der Waals surface area contributed by atoms with Crippen LogP contribution in [-0.2, 0) is 21.4 Å². The number of fused-ring (bicyclic) bond motifs is 1. The molecule has 160 valence electrons. The second-order valence-corrected chi connectivity index (χ2v) is 9.07. The molecule has 0 bridgehead atoms. The summed E-state index contributed by atoms with van der Waals surface area (Å²) in [6.45, 7) is -0.127. The zero-order valence-corrected chi connectivity index (χ0v) is 17.9. The van der Waals surface area contributed by atoms with Crippen molar-refractivity contribution < 1.29 is 22.5 Å². The Morgan fingerprint density at radius 3 is 2.69 bits per heavy atom. The molecule has 2 aromatic carbocycles. The number of esters is 1. The molecule has 1 N–H and O–H groups in total. The summed E-state index contributed by atoms with van der Waals surface area (Å²) in [5, 5.41) is 10.6. The lowest BCUT2D eigenvalue weighted by atomic mass is 10.1. The molecule has 9 nitrogen and oxygen atoms in total. The first-order valence-electron chi connectivity index (χ1n) is 9.33. The maximum Gasteiger partial charge on any atom is 0.338 e. The number of rotatable bonds is 5. The summed E-state index contributed by atoms with van der Waals surface area (Å²) in [5.74, 6) is 0.308. The minimum atomic E-state index is -3.71. The smallest absolute Gasteiger partial charge is 0.338 e. The fourth-order valence-corrected chi connectivity index (χ4v) is 4.86. The van der Waals surface area contributed by atoms with Gasteiger partial charge in [0.05, 0.1) is 11.1 Å². The largest absolute Gasteiger partial charge is 0.454 e. The number of ether oxygens (including phenoxy) is 1. The molecule has 0 fully saturated rings. The van der Waals surface area contributed by atoms with Gasteiger partial charge in [0.15, 0.2) is 12.4 Å². The molecule has 0 saturated carbocycles. The van der Waals surface area contributed by atoms with Crippen molar-refractivity contribution in [3.63, 3.8) is 0 Å². The van der Waals surface area contributed by atoms with E-state index in [1.54, 1.807) is 42.5 Å². The minimum Gasteiger partial charge on any atom is -0.454 e. The summed E-state index contributed by atoms with van der Waals surface area (Å²) in [5.41, 5.74) is 2.20. The van der Waals surface area contributed by atoms with Crippen LogP contribution in [-0.4, -0.2) is 30.4 Å². The molecule has 1 aliphatic heterocycles. The molecule has 0 spiro atoms. The van der Waals surface area contributed by atoms with Crippen LogP contribution in [0.5, 0.6) is 0 Å². The molecular weight excluding hydrogens is 452 g/mol. The zero-order chi connectivity index (χ0) is 22.1. The Hall–Kier alpha value is -3.83. The van der Waals surface area contributed by atoms with Gasteiger partial charge >= 0.3 is 5.97 Å². The Morgan fingerprint density at radius 2 is 1.91 bits per heavy atom. The minimum absolute atomic E-state index is 0.127. The van der Waals surface area contributed by atoms with E-state index in [-0.39, 0.29) is 23.2 Å². The molecule has 5 rings (SSSR count). The molecule has 2 aromatic heterocycles. The normalized spacial score (nSPS) is 13.9. The number of amidine groups is 1. The number of sulfonamides is 1. The highest BCUT2D eigenvalue weighted by molar-refractivity contribution is 7.90. The van der Waals surface area contributed by atoms with Gasteiger partial charge in [-0.1, -0.05) is 17.3 Å². The first-order valence-corrected chi connectivity index (χ1v) is 11.7. The lowest BCUT2D eigenvalue weighted by Crippen LogP contribution is -2.11. The molecule has 0 aliphatic carbocycles. The number of hydrogen-bond donors (Lipinski definition) is 1. The maximum absolute atomic E-state index is 12.3. The number of carbonyl (C=O) groups is 1. The van der Waals surface area contributed by atoms with Crippen LogP contribution in [0.1, 0.15) is 21.7 Å². The van der Waals surface area contributed by atoms with Gasteiger partial charge in [-0.05, 0) is 47.8 Å². The molecule has 4 aromatic rings. The van der Waals surface area contributed by atoms with Crippen molar-refractivity contribution >= 4 is 38.9 Å². The van der Waals surface area contributed by atoms with Gasteiger partial charge in [0, 0.05) is 16.6 Å². The van der Waals surface area contributed by atoms with Crippen LogP contribution >= 0.6 is 11.3 Å². The number of hydrogen-bond acceptors (Lipinski definition) is 9. The molecule has 0 saturated heterocycles. The van der Waals surface area contributed by atoms with Crippen molar-refractivity contribution in [1.29, 1.82) is 0 Å². The van der Waals surface area contributed by atoms with Crippen LogP contribution in [0.2, 0.25) is 0 Å². The van der Waals surface area contributed by atoms with Crippen molar-refractivity contribution in [2.24, 2.45) is 4.40 Å². The van der Waals surface area contributed by atoms with Gasteiger partial charge in [0.25, 0.3) is 15.9 Å². The van der Waals surface area contributed by atoms with Gasteiger partial charge < -0.3 is 14.6 Å². The summed E-state index contributed by atoms with van der Waals surface area (Å²) in [7, 11) is -3.71. The summed E-state index contributed by atoms with van der Waals surface area (Å²) < 4.78 is 38.5. The van der Waals surface area contributed by atoms with E-state index in [0.717, 1.165) is 5.56 Å². The molecule has 0 amide bonds. The average molecular weight is 467 g/mol. The van der Waals surface area contributed by atoms with Crippen LogP contribution < -0.4 is 5.32 Å². The van der Waals surface area contributed by atoms with Gasteiger partial charge in [-0.3, -0.25) is 0 Å². The Morgan fingerprint density at radius 1 is 1.09 bits per heavy atom. The number of nitrogens with zero attached hydrogens (tertiary/aromatic N) is 3. The Bertz CT molecular complexity index is 1430. The van der Waals surface area contributed by atoms with Gasteiger partial charge in [-0.25, -0.2) is 4.79 Å². The predicted molar refractivity (Wildman–Crippen MR) is 117 cm³/mol. The topological polar surface area (TPSA) is 124 Å². The van der Waals surface area contributed by atoms with Crippen molar-refractivity contribution in [3.8, 4) is 11.5 Å². The van der Waals surface area contributed by atoms with E-state index >= 15 is 0 Å². The highest BCUT2D eigenvalue weighted by Gasteiger charge is 2.28. The van der Waals surface area contributed by atoms with Crippen LogP contribution in [0.15, 0.2) is 79.2 Å². The quantitative estimate of drug-likeness (QED) is 0.442. The standard InChI is InChI=1S/C21H14N4O5S2/c26-21(29-11-18-23-20(30-24-18)14-9-10-31-12-14)13-5-7-15(8-6-13)22-19-16-3-1-2-4-17(16)32(27,28)25-19/h1-10,12H,11H2,(H,22,25). The molecular formula is C21H14N4O5S2. The summed E-state index contributed by atoms with van der Waals surface area (Å²) >= 11 is 1.51. The summed E-state index contributed by atoms with van der Waals surface area (Å²) in [6, 6.07) is 14.8. The highest BCUT2D eigenvalue weighted by Crippen LogP contribution is 2.27. The van der Waals surface area contributed by atoms with E-state index in [1.807, 2.05) is 16.8 Å². The van der Waals surface area contributed by atoms with Crippen molar-refractivity contribution in [3.05, 3.63) is 82.3 Å². The third-order valence-electron chi connectivity index (χ3n) is 4.58. The molecule has 0 radical (unpaired) electrons. The second-order valence-electron chi connectivity index (χ2n) is 6.72. The second kappa shape index (κ2) is 8.02. The van der Waals surface area contributed by atoms with Gasteiger partial charge in [-0.15, -0.1) is 4.40 Å². The molecule has 0 unspecified atom stereocenters. The van der Waals surface area contributed by atoms with E-state index in [2.05, 4.69) is 19.9 Å². The number of anilines is 1. The maximum atomic E-state index is 12.3. The lowest BCUT2D eigenvalue weighted by Gasteiger charge is -2.07. The number of thiophene rings is 1. The first-order chi connectivity index (χ1) is 15.5. The van der Waals surface area contributed by atoms with Crippen LogP contribution in [0.25, 0.3) is 11.5 Å². The van der Waals surface area contributed by atoms with Gasteiger partial charge in [0.1, 0.15) is 4.90 Å². The number of carbonyl (C=O) groups excluding carboxylic acids is 1. The predicted octanol–water partition coefficient (Wildman–Crippen LogP) is 3.72. The lowest BCUT2D eigenvalue weighted by molar-refractivity contribution is 0.0459. The molecule has 11 heteroatoms. The van der Waals surface area contributed by atoms with E-state index in [0.29, 0.717) is 22.7 Å². The number of aromatic nitrogens is 2. The van der Waals surface area contributed by atoms with Crippen molar-refractivity contribution in [1.82, 2.24) is 10.1 Å². The first kappa shape index (κ1) is 20.1. The fraction of sp³-hybridized carbons (Fsp3) is 0.0476.